The Morgan fingerprint density at radius 2 is 1.91 bits per heavy atom. The predicted octanol–water partition coefficient (Wildman–Crippen LogP) is 3.03. The highest BCUT2D eigenvalue weighted by Gasteiger charge is 2.38. The van der Waals surface area contributed by atoms with Crippen LogP contribution in [0.3, 0.4) is 0 Å². The number of nitrogens with zero attached hydrogens (tertiary/aromatic N) is 1. The fourth-order valence-corrected chi connectivity index (χ4v) is 4.26. The van der Waals surface area contributed by atoms with E-state index in [1.165, 1.54) is 11.1 Å². The van der Waals surface area contributed by atoms with Crippen molar-refractivity contribution in [3.8, 4) is 11.5 Å². The number of hydrogen-bond donors (Lipinski definition) is 1. The molecule has 1 fully saturated rings. The molecule has 1 aromatic carbocycles. The zero-order valence-corrected chi connectivity index (χ0v) is 14.7. The third-order valence-electron chi connectivity index (χ3n) is 5.37. The highest BCUT2D eigenvalue weighted by molar-refractivity contribution is 5.49. The second-order valence-electron chi connectivity index (χ2n) is 7.36. The van der Waals surface area contributed by atoms with Gasteiger partial charge in [0.2, 0.25) is 0 Å². The van der Waals surface area contributed by atoms with Crippen molar-refractivity contribution in [2.75, 3.05) is 27.3 Å². The van der Waals surface area contributed by atoms with E-state index in [2.05, 4.69) is 30.9 Å². The van der Waals surface area contributed by atoms with Crippen LogP contribution in [0.15, 0.2) is 12.1 Å². The first-order valence-corrected chi connectivity index (χ1v) is 8.70. The van der Waals surface area contributed by atoms with E-state index >= 15 is 0 Å². The lowest BCUT2D eigenvalue weighted by molar-refractivity contribution is -0.0191. The van der Waals surface area contributed by atoms with Gasteiger partial charge < -0.3 is 14.6 Å². The molecule has 1 N–H and O–H groups in total. The summed E-state index contributed by atoms with van der Waals surface area (Å²) >= 11 is 0. The summed E-state index contributed by atoms with van der Waals surface area (Å²) in [5.74, 6) is 2.61. The molecular weight excluding hydrogens is 290 g/mol. The molecule has 2 aliphatic heterocycles. The lowest BCUT2D eigenvalue weighted by Gasteiger charge is -2.46. The summed E-state index contributed by atoms with van der Waals surface area (Å²) in [4.78, 5) is 2.55. The summed E-state index contributed by atoms with van der Waals surface area (Å²) in [6, 6.07) is 4.52. The molecule has 0 bridgehead atoms. The number of methoxy groups -OCH3 is 2. The summed E-state index contributed by atoms with van der Waals surface area (Å²) in [5.41, 5.74) is 2.63. The molecule has 2 heterocycles. The topological polar surface area (TPSA) is 41.9 Å². The van der Waals surface area contributed by atoms with Gasteiger partial charge in [-0.25, -0.2) is 0 Å². The van der Waals surface area contributed by atoms with E-state index in [1.54, 1.807) is 14.2 Å². The van der Waals surface area contributed by atoms with Gasteiger partial charge in [0.25, 0.3) is 0 Å². The van der Waals surface area contributed by atoms with E-state index in [0.717, 1.165) is 43.9 Å². The molecule has 1 unspecified atom stereocenters. The van der Waals surface area contributed by atoms with Gasteiger partial charge in [-0.05, 0) is 54.4 Å². The van der Waals surface area contributed by atoms with Crippen LogP contribution in [0.2, 0.25) is 0 Å². The van der Waals surface area contributed by atoms with Crippen molar-refractivity contribution in [3.63, 3.8) is 0 Å². The van der Waals surface area contributed by atoms with Crippen molar-refractivity contribution < 1.29 is 14.6 Å². The minimum absolute atomic E-state index is 0.210. The largest absolute Gasteiger partial charge is 0.493 e. The Morgan fingerprint density at radius 1 is 1.22 bits per heavy atom. The van der Waals surface area contributed by atoms with Gasteiger partial charge in [0.1, 0.15) is 0 Å². The highest BCUT2D eigenvalue weighted by atomic mass is 16.5. The van der Waals surface area contributed by atoms with Crippen LogP contribution in [0, 0.1) is 11.8 Å². The molecule has 0 amide bonds. The Balaban J connectivity index is 1.87. The smallest absolute Gasteiger partial charge is 0.161 e. The number of fused-ring (bicyclic) bond motifs is 3. The molecular formula is C19H29NO3. The number of aliphatic hydroxyl groups is 1. The van der Waals surface area contributed by atoms with E-state index in [9.17, 15) is 5.11 Å². The molecule has 3 rings (SSSR count). The number of aliphatic hydroxyl groups excluding tert-OH is 1. The molecule has 3 atom stereocenters. The number of benzene rings is 1. The number of rotatable bonds is 4. The lowest BCUT2D eigenvalue weighted by Crippen LogP contribution is -2.48. The van der Waals surface area contributed by atoms with E-state index in [4.69, 9.17) is 9.47 Å². The lowest BCUT2D eigenvalue weighted by atomic mass is 9.79. The molecule has 0 spiro atoms. The van der Waals surface area contributed by atoms with Gasteiger partial charge in [0.05, 0.1) is 20.3 Å². The van der Waals surface area contributed by atoms with Crippen LogP contribution in [0.4, 0.5) is 0 Å². The SMILES string of the molecule is COc1cc2c(cc1OC)[C@H]1CC(O)[C@H](CC(C)C)CN1CC2. The number of piperidine rings is 1. The summed E-state index contributed by atoms with van der Waals surface area (Å²) in [6.45, 7) is 6.54. The minimum atomic E-state index is -0.210. The molecule has 128 valence electrons. The summed E-state index contributed by atoms with van der Waals surface area (Å²) in [6.07, 6.45) is 2.75. The molecule has 23 heavy (non-hydrogen) atoms. The van der Waals surface area contributed by atoms with Gasteiger partial charge in [-0.3, -0.25) is 4.90 Å². The maximum Gasteiger partial charge on any atom is 0.161 e. The van der Waals surface area contributed by atoms with Gasteiger partial charge in [-0.2, -0.15) is 0 Å². The summed E-state index contributed by atoms with van der Waals surface area (Å²) in [7, 11) is 3.36. The van der Waals surface area contributed by atoms with Crippen LogP contribution in [0.1, 0.15) is 43.9 Å². The second kappa shape index (κ2) is 6.70. The van der Waals surface area contributed by atoms with Gasteiger partial charge >= 0.3 is 0 Å². The first kappa shape index (κ1) is 16.6. The fraction of sp³-hybridized carbons (Fsp3) is 0.684. The number of hydrogen-bond acceptors (Lipinski definition) is 4. The van der Waals surface area contributed by atoms with Crippen molar-refractivity contribution in [1.82, 2.24) is 4.90 Å². The van der Waals surface area contributed by atoms with Crippen LogP contribution >= 0.6 is 0 Å². The fourth-order valence-electron chi connectivity index (χ4n) is 4.26. The standard InChI is InChI=1S/C19H29NO3/c1-12(2)7-14-11-20-6-5-13-8-18(22-3)19(23-4)9-15(13)16(20)10-17(14)21/h8-9,12,14,16-17,21H,5-7,10-11H2,1-4H3/t14-,16-,17?/m1/s1. The van der Waals surface area contributed by atoms with E-state index in [0.29, 0.717) is 17.9 Å². The van der Waals surface area contributed by atoms with Crippen molar-refractivity contribution >= 4 is 0 Å². The molecule has 0 radical (unpaired) electrons. The van der Waals surface area contributed by atoms with Crippen LogP contribution < -0.4 is 9.47 Å². The van der Waals surface area contributed by atoms with Gasteiger partial charge in [-0.1, -0.05) is 13.8 Å². The zero-order chi connectivity index (χ0) is 16.6. The number of ether oxygens (including phenoxy) is 2. The third-order valence-corrected chi connectivity index (χ3v) is 5.37. The van der Waals surface area contributed by atoms with Crippen LogP contribution in [-0.4, -0.2) is 43.4 Å². The quantitative estimate of drug-likeness (QED) is 0.926. The second-order valence-corrected chi connectivity index (χ2v) is 7.36. The average molecular weight is 319 g/mol. The highest BCUT2D eigenvalue weighted by Crippen LogP contribution is 2.43. The first-order valence-electron chi connectivity index (χ1n) is 8.70. The van der Waals surface area contributed by atoms with Crippen LogP contribution in [0.25, 0.3) is 0 Å². The van der Waals surface area contributed by atoms with Crippen molar-refractivity contribution in [2.45, 2.75) is 45.3 Å². The van der Waals surface area contributed by atoms with Gasteiger partial charge in [0.15, 0.2) is 11.5 Å². The van der Waals surface area contributed by atoms with Gasteiger partial charge in [-0.15, -0.1) is 0 Å². The molecule has 1 saturated heterocycles. The third kappa shape index (κ3) is 3.20. The van der Waals surface area contributed by atoms with Crippen LogP contribution in [0.5, 0.6) is 11.5 Å². The molecule has 0 aromatic heterocycles. The maximum atomic E-state index is 10.6. The molecule has 1 aromatic rings. The first-order chi connectivity index (χ1) is 11.0. The van der Waals surface area contributed by atoms with E-state index in [1.807, 2.05) is 0 Å². The molecule has 0 saturated carbocycles. The monoisotopic (exact) mass is 319 g/mol. The predicted molar refractivity (Wildman–Crippen MR) is 91.1 cm³/mol. The van der Waals surface area contributed by atoms with Crippen molar-refractivity contribution in [2.24, 2.45) is 11.8 Å². The van der Waals surface area contributed by atoms with E-state index in [-0.39, 0.29) is 6.10 Å². The Labute approximate surface area is 139 Å². The molecule has 4 heteroatoms. The molecule has 0 aliphatic carbocycles. The molecule has 4 nitrogen and oxygen atoms in total. The summed E-state index contributed by atoms with van der Waals surface area (Å²) in [5, 5.41) is 10.6. The Morgan fingerprint density at radius 3 is 2.57 bits per heavy atom. The zero-order valence-electron chi connectivity index (χ0n) is 14.7. The van der Waals surface area contributed by atoms with E-state index < -0.39 is 0 Å². The molecule has 2 aliphatic rings. The van der Waals surface area contributed by atoms with Gasteiger partial charge in [0, 0.05) is 19.1 Å². The van der Waals surface area contributed by atoms with Crippen molar-refractivity contribution in [3.05, 3.63) is 23.3 Å². The normalized spacial score (nSPS) is 27.5. The maximum absolute atomic E-state index is 10.6. The Kier molecular flexibility index (Phi) is 4.83. The average Bonchev–Trinajstić information content (AvgIpc) is 2.53. The van der Waals surface area contributed by atoms with Crippen molar-refractivity contribution in [1.29, 1.82) is 0 Å². The van der Waals surface area contributed by atoms with Crippen LogP contribution in [-0.2, 0) is 6.42 Å². The Bertz CT molecular complexity index is 558. The minimum Gasteiger partial charge on any atom is -0.493 e. The summed E-state index contributed by atoms with van der Waals surface area (Å²) < 4.78 is 10.9. The Hall–Kier alpha value is -1.26.